The second-order valence-electron chi connectivity index (χ2n) is 4.75. The Balaban J connectivity index is 2.33. The summed E-state index contributed by atoms with van der Waals surface area (Å²) in [5.74, 6) is 1.06. The monoisotopic (exact) mass is 323 g/mol. The van der Waals surface area contributed by atoms with Gasteiger partial charge >= 0.3 is 0 Å². The molecule has 2 N–H and O–H groups in total. The van der Waals surface area contributed by atoms with Crippen molar-refractivity contribution in [3.8, 4) is 5.95 Å². The first-order valence-corrected chi connectivity index (χ1v) is 7.29. The SMILES string of the molecule is CN(C)c1nc(N(C)C)nc(-n2cnc(SCC(N)=O)n2)n1. The number of primary amides is 1. The molecule has 11 heteroatoms. The molecule has 2 heterocycles. The van der Waals surface area contributed by atoms with Crippen LogP contribution >= 0.6 is 11.8 Å². The number of amides is 1. The molecule has 0 bridgehead atoms. The highest BCUT2D eigenvalue weighted by molar-refractivity contribution is 7.99. The standard InChI is InChI=1S/C11H17N9OS/c1-18(2)8-14-9(19(3)4)16-10(15-8)20-6-13-11(17-20)22-5-7(12)21/h6H,5H2,1-4H3,(H2,12,21). The predicted molar refractivity (Wildman–Crippen MR) is 83.3 cm³/mol. The van der Waals surface area contributed by atoms with E-state index in [-0.39, 0.29) is 5.75 Å². The van der Waals surface area contributed by atoms with Gasteiger partial charge in [0.2, 0.25) is 23.0 Å². The van der Waals surface area contributed by atoms with Crippen LogP contribution in [0.5, 0.6) is 0 Å². The molecule has 10 nitrogen and oxygen atoms in total. The molecule has 1 amide bonds. The van der Waals surface area contributed by atoms with E-state index in [1.54, 1.807) is 9.80 Å². The normalized spacial score (nSPS) is 10.5. The third-order valence-corrected chi connectivity index (χ3v) is 3.29. The molecule has 2 rings (SSSR count). The maximum absolute atomic E-state index is 10.8. The van der Waals surface area contributed by atoms with E-state index in [9.17, 15) is 4.79 Å². The molecular weight excluding hydrogens is 306 g/mol. The van der Waals surface area contributed by atoms with E-state index < -0.39 is 5.91 Å². The van der Waals surface area contributed by atoms with Crippen LogP contribution in [0, 0.1) is 0 Å². The van der Waals surface area contributed by atoms with Crippen LogP contribution in [-0.2, 0) is 4.79 Å². The zero-order chi connectivity index (χ0) is 16.3. The number of rotatable bonds is 6. The van der Waals surface area contributed by atoms with Crippen molar-refractivity contribution in [2.24, 2.45) is 5.73 Å². The molecule has 0 aromatic carbocycles. The molecule has 0 spiro atoms. The average Bonchev–Trinajstić information content (AvgIpc) is 2.93. The number of nitrogens with two attached hydrogens (primary N) is 1. The number of aromatic nitrogens is 6. The number of hydrogen-bond donors (Lipinski definition) is 1. The summed E-state index contributed by atoms with van der Waals surface area (Å²) in [6.07, 6.45) is 1.48. The highest BCUT2D eigenvalue weighted by Gasteiger charge is 2.13. The van der Waals surface area contributed by atoms with E-state index in [0.29, 0.717) is 23.0 Å². The van der Waals surface area contributed by atoms with Crippen LogP contribution in [0.3, 0.4) is 0 Å². The number of nitrogens with zero attached hydrogens (tertiary/aromatic N) is 8. The minimum absolute atomic E-state index is 0.118. The molecule has 22 heavy (non-hydrogen) atoms. The van der Waals surface area contributed by atoms with Crippen molar-refractivity contribution in [2.45, 2.75) is 5.16 Å². The summed E-state index contributed by atoms with van der Waals surface area (Å²) in [7, 11) is 7.37. The number of carbonyl (C=O) groups excluding carboxylic acids is 1. The summed E-state index contributed by atoms with van der Waals surface area (Å²) >= 11 is 1.16. The lowest BCUT2D eigenvalue weighted by Gasteiger charge is -2.15. The fraction of sp³-hybridized carbons (Fsp3) is 0.455. The Morgan fingerprint density at radius 1 is 1.18 bits per heavy atom. The molecule has 2 aromatic heterocycles. The lowest BCUT2D eigenvalue weighted by Crippen LogP contribution is -2.20. The molecular formula is C11H17N9OS. The van der Waals surface area contributed by atoms with Crippen LogP contribution in [0.1, 0.15) is 0 Å². The molecule has 0 fully saturated rings. The van der Waals surface area contributed by atoms with Crippen molar-refractivity contribution in [1.29, 1.82) is 0 Å². The van der Waals surface area contributed by atoms with Crippen LogP contribution in [0.25, 0.3) is 5.95 Å². The van der Waals surface area contributed by atoms with Gasteiger partial charge in [-0.1, -0.05) is 11.8 Å². The Bertz CT molecular complexity index is 643. The zero-order valence-electron chi connectivity index (χ0n) is 12.8. The van der Waals surface area contributed by atoms with Gasteiger partial charge in [0.1, 0.15) is 6.33 Å². The van der Waals surface area contributed by atoms with Crippen molar-refractivity contribution in [3.05, 3.63) is 6.33 Å². The molecule has 0 aliphatic carbocycles. The van der Waals surface area contributed by atoms with E-state index in [1.165, 1.54) is 11.0 Å². The quantitative estimate of drug-likeness (QED) is 0.679. The smallest absolute Gasteiger partial charge is 0.258 e. The topological polar surface area (TPSA) is 119 Å². The fourth-order valence-electron chi connectivity index (χ4n) is 1.39. The summed E-state index contributed by atoms with van der Waals surface area (Å²) in [5, 5.41) is 4.65. The van der Waals surface area contributed by atoms with Gasteiger partial charge in [0.05, 0.1) is 5.75 Å². The van der Waals surface area contributed by atoms with E-state index >= 15 is 0 Å². The average molecular weight is 323 g/mol. The fourth-order valence-corrected chi connectivity index (χ4v) is 1.93. The molecule has 0 unspecified atom stereocenters. The van der Waals surface area contributed by atoms with Crippen LogP contribution < -0.4 is 15.5 Å². The Labute approximate surface area is 131 Å². The van der Waals surface area contributed by atoms with Crippen LogP contribution in [0.4, 0.5) is 11.9 Å². The molecule has 0 saturated heterocycles. The first kappa shape index (κ1) is 15.9. The van der Waals surface area contributed by atoms with Gasteiger partial charge in [-0.3, -0.25) is 4.79 Å². The molecule has 118 valence electrons. The van der Waals surface area contributed by atoms with Gasteiger partial charge in [-0.25, -0.2) is 4.98 Å². The molecule has 0 aliphatic heterocycles. The summed E-state index contributed by atoms with van der Waals surface area (Å²) in [6, 6.07) is 0. The zero-order valence-corrected chi connectivity index (χ0v) is 13.6. The van der Waals surface area contributed by atoms with Crippen molar-refractivity contribution < 1.29 is 4.79 Å². The highest BCUT2D eigenvalue weighted by Crippen LogP contribution is 2.15. The largest absolute Gasteiger partial charge is 0.369 e. The predicted octanol–water partition coefficient (Wildman–Crippen LogP) is -0.838. The van der Waals surface area contributed by atoms with Gasteiger partial charge in [0.15, 0.2) is 0 Å². The van der Waals surface area contributed by atoms with E-state index in [1.807, 2.05) is 28.2 Å². The second-order valence-corrected chi connectivity index (χ2v) is 5.69. The minimum atomic E-state index is -0.425. The summed E-state index contributed by atoms with van der Waals surface area (Å²) in [5.41, 5.74) is 5.10. The lowest BCUT2D eigenvalue weighted by molar-refractivity contribution is -0.115. The van der Waals surface area contributed by atoms with E-state index in [4.69, 9.17) is 5.73 Å². The van der Waals surface area contributed by atoms with Crippen molar-refractivity contribution in [2.75, 3.05) is 43.7 Å². The Morgan fingerprint density at radius 2 is 1.77 bits per heavy atom. The minimum Gasteiger partial charge on any atom is -0.369 e. The highest BCUT2D eigenvalue weighted by atomic mass is 32.2. The van der Waals surface area contributed by atoms with Gasteiger partial charge in [0.25, 0.3) is 5.95 Å². The Kier molecular flexibility index (Phi) is 4.75. The molecule has 2 aromatic rings. The maximum Gasteiger partial charge on any atom is 0.258 e. The van der Waals surface area contributed by atoms with Crippen LogP contribution in [-0.4, -0.2) is 69.6 Å². The van der Waals surface area contributed by atoms with Crippen molar-refractivity contribution in [3.63, 3.8) is 0 Å². The summed E-state index contributed by atoms with van der Waals surface area (Å²) < 4.78 is 1.44. The third kappa shape index (κ3) is 3.81. The number of anilines is 2. The van der Waals surface area contributed by atoms with Crippen molar-refractivity contribution in [1.82, 2.24) is 29.7 Å². The van der Waals surface area contributed by atoms with Crippen LogP contribution in [0.2, 0.25) is 0 Å². The number of thioether (sulfide) groups is 1. The second kappa shape index (κ2) is 6.56. The van der Waals surface area contributed by atoms with Crippen molar-refractivity contribution >= 4 is 29.6 Å². The summed E-state index contributed by atoms with van der Waals surface area (Å²) in [6.45, 7) is 0. The van der Waals surface area contributed by atoms with E-state index in [2.05, 4.69) is 25.0 Å². The first-order valence-electron chi connectivity index (χ1n) is 6.30. The summed E-state index contributed by atoms with van der Waals surface area (Å²) in [4.78, 5) is 31.4. The Hall–Kier alpha value is -2.43. The number of hydrogen-bond acceptors (Lipinski definition) is 9. The molecule has 0 saturated carbocycles. The van der Waals surface area contributed by atoms with Gasteiger partial charge < -0.3 is 15.5 Å². The van der Waals surface area contributed by atoms with Crippen LogP contribution in [0.15, 0.2) is 11.5 Å². The van der Waals surface area contributed by atoms with Gasteiger partial charge in [-0.15, -0.1) is 5.10 Å². The van der Waals surface area contributed by atoms with E-state index in [0.717, 1.165) is 11.8 Å². The van der Waals surface area contributed by atoms with Gasteiger partial charge in [-0.2, -0.15) is 19.6 Å². The molecule has 0 aliphatic rings. The molecule has 0 atom stereocenters. The molecule has 0 radical (unpaired) electrons. The first-order chi connectivity index (χ1) is 10.4. The van der Waals surface area contributed by atoms with Gasteiger partial charge in [0, 0.05) is 28.2 Å². The third-order valence-electron chi connectivity index (χ3n) is 2.42. The van der Waals surface area contributed by atoms with Gasteiger partial charge in [-0.05, 0) is 0 Å². The lowest BCUT2D eigenvalue weighted by atomic mass is 10.7. The number of carbonyl (C=O) groups is 1. The Morgan fingerprint density at radius 3 is 2.27 bits per heavy atom. The maximum atomic E-state index is 10.8.